The molecule has 2 aliphatic rings. The monoisotopic (exact) mass is 195 g/mol. The molecule has 3 heteroatoms. The van der Waals surface area contributed by atoms with Gasteiger partial charge in [-0.1, -0.05) is 12.8 Å². The van der Waals surface area contributed by atoms with Gasteiger partial charge in [0.15, 0.2) is 5.76 Å². The van der Waals surface area contributed by atoms with Gasteiger partial charge in [0.1, 0.15) is 0 Å². The highest BCUT2D eigenvalue weighted by Gasteiger charge is 2.42. The van der Waals surface area contributed by atoms with Gasteiger partial charge in [0.25, 0.3) is 0 Å². The van der Waals surface area contributed by atoms with E-state index in [9.17, 15) is 4.79 Å². The van der Waals surface area contributed by atoms with E-state index < -0.39 is 0 Å². The maximum absolute atomic E-state index is 12.1. The molecule has 14 heavy (non-hydrogen) atoms. The molecule has 1 fully saturated rings. The van der Waals surface area contributed by atoms with Crippen LogP contribution in [0.5, 0.6) is 0 Å². The third-order valence-corrected chi connectivity index (χ3v) is 3.36. The van der Waals surface area contributed by atoms with Gasteiger partial charge in [-0.05, 0) is 18.9 Å². The van der Waals surface area contributed by atoms with E-state index in [1.165, 1.54) is 0 Å². The predicted octanol–water partition coefficient (Wildman–Crippen LogP) is 1.38. The SMILES string of the molecule is NCC1(C(=O)C2=CCCO2)CCCC1. The first-order chi connectivity index (χ1) is 6.78. The van der Waals surface area contributed by atoms with Crippen LogP contribution in [-0.2, 0) is 9.53 Å². The molecule has 78 valence electrons. The molecule has 2 N–H and O–H groups in total. The van der Waals surface area contributed by atoms with Gasteiger partial charge in [-0.15, -0.1) is 0 Å². The molecule has 2 rings (SSSR count). The minimum absolute atomic E-state index is 0.148. The van der Waals surface area contributed by atoms with E-state index in [1.807, 2.05) is 6.08 Å². The summed E-state index contributed by atoms with van der Waals surface area (Å²) in [5, 5.41) is 0. The van der Waals surface area contributed by atoms with Crippen molar-refractivity contribution in [1.82, 2.24) is 0 Å². The van der Waals surface area contributed by atoms with Gasteiger partial charge in [-0.3, -0.25) is 4.79 Å². The fourth-order valence-corrected chi connectivity index (χ4v) is 2.41. The quantitative estimate of drug-likeness (QED) is 0.740. The van der Waals surface area contributed by atoms with Gasteiger partial charge in [0.2, 0.25) is 5.78 Å². The molecule has 0 aromatic heterocycles. The number of hydrogen-bond donors (Lipinski definition) is 1. The van der Waals surface area contributed by atoms with E-state index >= 15 is 0 Å². The van der Waals surface area contributed by atoms with Gasteiger partial charge in [0, 0.05) is 18.4 Å². The molecule has 0 unspecified atom stereocenters. The molecular weight excluding hydrogens is 178 g/mol. The molecule has 0 spiro atoms. The largest absolute Gasteiger partial charge is 0.490 e. The lowest BCUT2D eigenvalue weighted by Crippen LogP contribution is -2.37. The first-order valence-corrected chi connectivity index (χ1v) is 5.36. The lowest BCUT2D eigenvalue weighted by atomic mass is 9.81. The number of nitrogens with two attached hydrogens (primary N) is 1. The van der Waals surface area contributed by atoms with Gasteiger partial charge in [-0.2, -0.15) is 0 Å². The Morgan fingerprint density at radius 2 is 2.21 bits per heavy atom. The zero-order valence-corrected chi connectivity index (χ0v) is 8.42. The third kappa shape index (κ3) is 1.46. The topological polar surface area (TPSA) is 52.3 Å². The molecule has 0 aromatic rings. The molecule has 0 atom stereocenters. The van der Waals surface area contributed by atoms with Gasteiger partial charge in [0.05, 0.1) is 6.61 Å². The molecule has 0 radical (unpaired) electrons. The van der Waals surface area contributed by atoms with E-state index in [0.717, 1.165) is 32.1 Å². The van der Waals surface area contributed by atoms with Crippen LogP contribution in [0, 0.1) is 5.41 Å². The fraction of sp³-hybridized carbons (Fsp3) is 0.727. The Labute approximate surface area is 84.3 Å². The molecule has 0 bridgehead atoms. The summed E-state index contributed by atoms with van der Waals surface area (Å²) in [5.74, 6) is 0.715. The second-order valence-corrected chi connectivity index (χ2v) is 4.23. The van der Waals surface area contributed by atoms with Crippen LogP contribution in [0.25, 0.3) is 0 Å². The van der Waals surface area contributed by atoms with Crippen molar-refractivity contribution in [3.05, 3.63) is 11.8 Å². The minimum atomic E-state index is -0.295. The normalized spacial score (nSPS) is 24.5. The van der Waals surface area contributed by atoms with E-state index in [4.69, 9.17) is 10.5 Å². The summed E-state index contributed by atoms with van der Waals surface area (Å²) in [4.78, 5) is 12.1. The maximum atomic E-state index is 12.1. The van der Waals surface area contributed by atoms with E-state index in [1.54, 1.807) is 0 Å². The summed E-state index contributed by atoms with van der Waals surface area (Å²) >= 11 is 0. The Morgan fingerprint density at radius 1 is 1.50 bits per heavy atom. The van der Waals surface area contributed by atoms with Crippen LogP contribution < -0.4 is 5.73 Å². The van der Waals surface area contributed by atoms with Crippen LogP contribution >= 0.6 is 0 Å². The molecular formula is C11H17NO2. The van der Waals surface area contributed by atoms with Crippen molar-refractivity contribution in [1.29, 1.82) is 0 Å². The van der Waals surface area contributed by atoms with Crippen LogP contribution in [-0.4, -0.2) is 18.9 Å². The summed E-state index contributed by atoms with van der Waals surface area (Å²) in [6, 6.07) is 0. The summed E-state index contributed by atoms with van der Waals surface area (Å²) in [6.07, 6.45) is 6.87. The molecule has 1 saturated carbocycles. The van der Waals surface area contributed by atoms with E-state index in [-0.39, 0.29) is 11.2 Å². The molecule has 0 amide bonds. The van der Waals surface area contributed by atoms with E-state index in [0.29, 0.717) is 18.9 Å². The number of carbonyl (C=O) groups excluding carboxylic acids is 1. The Balaban J connectivity index is 2.15. The van der Waals surface area contributed by atoms with Crippen LogP contribution in [0.1, 0.15) is 32.1 Å². The highest BCUT2D eigenvalue weighted by atomic mass is 16.5. The van der Waals surface area contributed by atoms with Crippen LogP contribution in [0.4, 0.5) is 0 Å². The number of rotatable bonds is 3. The molecule has 0 saturated heterocycles. The minimum Gasteiger partial charge on any atom is -0.490 e. The third-order valence-electron chi connectivity index (χ3n) is 3.36. The highest BCUT2D eigenvalue weighted by molar-refractivity contribution is 5.98. The van der Waals surface area contributed by atoms with Crippen LogP contribution in [0.2, 0.25) is 0 Å². The summed E-state index contributed by atoms with van der Waals surface area (Å²) in [6.45, 7) is 1.12. The van der Waals surface area contributed by atoms with Gasteiger partial charge in [-0.25, -0.2) is 0 Å². The van der Waals surface area contributed by atoms with Gasteiger partial charge >= 0.3 is 0 Å². The zero-order chi connectivity index (χ0) is 10.0. The van der Waals surface area contributed by atoms with Crippen molar-refractivity contribution in [2.45, 2.75) is 32.1 Å². The molecule has 1 heterocycles. The Hall–Kier alpha value is -0.830. The summed E-state index contributed by atoms with van der Waals surface area (Å²) < 4.78 is 5.31. The molecule has 0 aromatic carbocycles. The Kier molecular flexibility index (Phi) is 2.59. The smallest absolute Gasteiger partial charge is 0.204 e. The van der Waals surface area contributed by atoms with Crippen LogP contribution in [0.3, 0.4) is 0 Å². The first kappa shape index (κ1) is 9.71. The number of ketones is 1. The van der Waals surface area contributed by atoms with E-state index in [2.05, 4.69) is 0 Å². The number of ether oxygens (including phenoxy) is 1. The van der Waals surface area contributed by atoms with Crippen LogP contribution in [0.15, 0.2) is 11.8 Å². The maximum Gasteiger partial charge on any atom is 0.204 e. The average molecular weight is 195 g/mol. The second-order valence-electron chi connectivity index (χ2n) is 4.23. The summed E-state index contributed by atoms with van der Waals surface area (Å²) in [5.41, 5.74) is 5.44. The van der Waals surface area contributed by atoms with Gasteiger partial charge < -0.3 is 10.5 Å². The molecule has 1 aliphatic heterocycles. The lowest BCUT2D eigenvalue weighted by Gasteiger charge is -2.25. The highest BCUT2D eigenvalue weighted by Crippen LogP contribution is 2.40. The average Bonchev–Trinajstić information content (AvgIpc) is 2.89. The fourth-order valence-electron chi connectivity index (χ4n) is 2.41. The summed E-state index contributed by atoms with van der Waals surface area (Å²) in [7, 11) is 0. The second kappa shape index (κ2) is 3.73. The number of carbonyl (C=O) groups is 1. The van der Waals surface area contributed by atoms with Crippen molar-refractivity contribution < 1.29 is 9.53 Å². The molecule has 1 aliphatic carbocycles. The van der Waals surface area contributed by atoms with Crippen molar-refractivity contribution in [2.24, 2.45) is 11.1 Å². The Morgan fingerprint density at radius 3 is 2.71 bits per heavy atom. The van der Waals surface area contributed by atoms with Crippen molar-refractivity contribution >= 4 is 5.78 Å². The standard InChI is InChI=1S/C11H17NO2/c12-8-11(5-1-2-6-11)10(13)9-4-3-7-14-9/h4H,1-3,5-8,12H2. The Bertz CT molecular complexity index is 264. The zero-order valence-electron chi connectivity index (χ0n) is 8.42. The number of allylic oxidation sites excluding steroid dienone is 1. The lowest BCUT2D eigenvalue weighted by molar-refractivity contribution is -0.127. The predicted molar refractivity (Wildman–Crippen MR) is 53.6 cm³/mol. The van der Waals surface area contributed by atoms with Crippen molar-refractivity contribution in [3.8, 4) is 0 Å². The molecule has 3 nitrogen and oxygen atoms in total. The first-order valence-electron chi connectivity index (χ1n) is 5.36. The number of hydrogen-bond acceptors (Lipinski definition) is 3. The van der Waals surface area contributed by atoms with Crippen molar-refractivity contribution in [3.63, 3.8) is 0 Å². The number of Topliss-reactive ketones (excluding diaryl/α,β-unsaturated/α-hetero) is 1. The van der Waals surface area contributed by atoms with Crippen molar-refractivity contribution in [2.75, 3.05) is 13.2 Å².